The highest BCUT2D eigenvalue weighted by atomic mass is 16.6. The second kappa shape index (κ2) is 5.87. The molecule has 2 N–H and O–H groups in total. The van der Waals surface area contributed by atoms with E-state index in [0.717, 1.165) is 20.1 Å². The van der Waals surface area contributed by atoms with Crippen LogP contribution in [0.4, 0.5) is 11.4 Å². The van der Waals surface area contributed by atoms with E-state index in [0.29, 0.717) is 0 Å². The Labute approximate surface area is 113 Å². The summed E-state index contributed by atoms with van der Waals surface area (Å²) in [6.07, 6.45) is 0. The number of anilines is 1. The van der Waals surface area contributed by atoms with Crippen LogP contribution in [0.15, 0.2) is 6.07 Å². The predicted octanol–water partition coefficient (Wildman–Crippen LogP) is 1.27. The lowest BCUT2D eigenvalue weighted by atomic mass is 10.1. The molecule has 0 atom stereocenters. The van der Waals surface area contributed by atoms with Gasteiger partial charge in [-0.1, -0.05) is 0 Å². The van der Waals surface area contributed by atoms with Crippen molar-refractivity contribution in [3.8, 4) is 11.5 Å². The van der Waals surface area contributed by atoms with Gasteiger partial charge in [0.15, 0.2) is 5.56 Å². The van der Waals surface area contributed by atoms with Crippen molar-refractivity contribution in [1.82, 2.24) is 0 Å². The van der Waals surface area contributed by atoms with Crippen LogP contribution in [0.3, 0.4) is 0 Å². The number of nitrogens with zero attached hydrogens (tertiary/aromatic N) is 1. The highest BCUT2D eigenvalue weighted by Gasteiger charge is 2.32. The molecule has 0 radical (unpaired) electrons. The van der Waals surface area contributed by atoms with Crippen LogP contribution in [-0.2, 0) is 4.79 Å². The van der Waals surface area contributed by atoms with Gasteiger partial charge in [-0.3, -0.25) is 14.9 Å². The van der Waals surface area contributed by atoms with Crippen molar-refractivity contribution in [2.45, 2.75) is 6.92 Å². The highest BCUT2D eigenvalue weighted by Crippen LogP contribution is 2.42. The molecule has 0 aliphatic carbocycles. The van der Waals surface area contributed by atoms with Crippen molar-refractivity contribution >= 4 is 23.3 Å². The van der Waals surface area contributed by atoms with Gasteiger partial charge in [0.1, 0.15) is 11.4 Å². The number of nitro groups is 1. The summed E-state index contributed by atoms with van der Waals surface area (Å²) in [6, 6.07) is 1.13. The normalized spacial score (nSPS) is 9.75. The number of carbonyl (C=O) groups excluding carboxylic acids is 1. The molecule has 0 unspecified atom stereocenters. The fraction of sp³-hybridized carbons (Fsp3) is 0.273. The maximum atomic E-state index is 11.3. The molecule has 0 fully saturated rings. The first-order valence-electron chi connectivity index (χ1n) is 5.27. The van der Waals surface area contributed by atoms with Crippen LogP contribution in [0.1, 0.15) is 17.3 Å². The van der Waals surface area contributed by atoms with E-state index in [1.165, 1.54) is 7.11 Å². The summed E-state index contributed by atoms with van der Waals surface area (Å²) < 4.78 is 9.74. The lowest BCUT2D eigenvalue weighted by Crippen LogP contribution is -2.14. The number of hydrogen-bond donors (Lipinski definition) is 2. The summed E-state index contributed by atoms with van der Waals surface area (Å²) in [6.45, 7) is 1.14. The van der Waals surface area contributed by atoms with E-state index in [2.05, 4.69) is 5.32 Å². The van der Waals surface area contributed by atoms with Crippen molar-refractivity contribution in [2.75, 3.05) is 19.5 Å². The number of methoxy groups -OCH3 is 2. The van der Waals surface area contributed by atoms with Crippen LogP contribution >= 0.6 is 0 Å². The molecule has 0 aliphatic rings. The molecular formula is C11H12N2O7. The smallest absolute Gasteiger partial charge is 0.345 e. The number of nitro benzene ring substituents is 1. The van der Waals surface area contributed by atoms with E-state index in [9.17, 15) is 24.8 Å². The van der Waals surface area contributed by atoms with E-state index >= 15 is 0 Å². The first-order valence-corrected chi connectivity index (χ1v) is 5.27. The topological polar surface area (TPSA) is 128 Å². The molecule has 1 rings (SSSR count). The van der Waals surface area contributed by atoms with E-state index in [1.54, 1.807) is 0 Å². The maximum absolute atomic E-state index is 11.3. The Morgan fingerprint density at radius 3 is 2.20 bits per heavy atom. The molecule has 0 aromatic heterocycles. The minimum absolute atomic E-state index is 0.0555. The van der Waals surface area contributed by atoms with Gasteiger partial charge < -0.3 is 19.9 Å². The molecule has 108 valence electrons. The zero-order valence-corrected chi connectivity index (χ0v) is 10.9. The molecule has 1 amide bonds. The SMILES string of the molecule is COc1cc(OC)c([N+](=O)[O-])c(C(=O)O)c1NC(C)=O. The summed E-state index contributed by atoms with van der Waals surface area (Å²) in [7, 11) is 2.39. The molecule has 0 bridgehead atoms. The molecule has 0 spiro atoms. The van der Waals surface area contributed by atoms with Gasteiger partial charge in [0.05, 0.1) is 19.1 Å². The summed E-state index contributed by atoms with van der Waals surface area (Å²) in [5.41, 5.74) is -1.76. The lowest BCUT2D eigenvalue weighted by Gasteiger charge is -2.14. The molecule has 9 heteroatoms. The molecule has 20 heavy (non-hydrogen) atoms. The number of hydrogen-bond acceptors (Lipinski definition) is 6. The summed E-state index contributed by atoms with van der Waals surface area (Å²) >= 11 is 0. The summed E-state index contributed by atoms with van der Waals surface area (Å²) in [5, 5.41) is 22.4. The molecule has 0 saturated carbocycles. The van der Waals surface area contributed by atoms with Gasteiger partial charge in [0, 0.05) is 13.0 Å². The molecule has 0 saturated heterocycles. The number of carbonyl (C=O) groups is 2. The number of nitrogens with one attached hydrogen (secondary N) is 1. The van der Waals surface area contributed by atoms with Crippen molar-refractivity contribution in [3.05, 3.63) is 21.7 Å². The third kappa shape index (κ3) is 2.76. The van der Waals surface area contributed by atoms with Crippen LogP contribution < -0.4 is 14.8 Å². The fourth-order valence-electron chi connectivity index (χ4n) is 1.63. The monoisotopic (exact) mass is 284 g/mol. The number of amides is 1. The average molecular weight is 284 g/mol. The minimum atomic E-state index is -1.59. The number of carboxylic acids is 1. The number of benzene rings is 1. The van der Waals surface area contributed by atoms with E-state index < -0.39 is 28.1 Å². The molecule has 9 nitrogen and oxygen atoms in total. The maximum Gasteiger partial charge on any atom is 0.345 e. The van der Waals surface area contributed by atoms with Gasteiger partial charge >= 0.3 is 11.7 Å². The van der Waals surface area contributed by atoms with E-state index in [-0.39, 0.29) is 17.2 Å². The number of ether oxygens (including phenoxy) is 2. The van der Waals surface area contributed by atoms with E-state index in [1.807, 2.05) is 0 Å². The zero-order chi connectivity index (χ0) is 15.4. The number of rotatable bonds is 5. The van der Waals surface area contributed by atoms with Gasteiger partial charge in [-0.2, -0.15) is 0 Å². The molecular weight excluding hydrogens is 272 g/mol. The first kappa shape index (κ1) is 15.2. The second-order valence-corrected chi connectivity index (χ2v) is 3.62. The van der Waals surface area contributed by atoms with Crippen molar-refractivity contribution < 1.29 is 29.1 Å². The average Bonchev–Trinajstić information content (AvgIpc) is 2.36. The Hall–Kier alpha value is -2.84. The molecule has 0 heterocycles. The number of aromatic carboxylic acids is 1. The third-order valence-electron chi connectivity index (χ3n) is 2.37. The largest absolute Gasteiger partial charge is 0.494 e. The van der Waals surface area contributed by atoms with Gasteiger partial charge in [-0.05, 0) is 0 Å². The van der Waals surface area contributed by atoms with Gasteiger partial charge in [0.25, 0.3) is 0 Å². The van der Waals surface area contributed by atoms with Crippen molar-refractivity contribution in [3.63, 3.8) is 0 Å². The van der Waals surface area contributed by atoms with Gasteiger partial charge in [-0.15, -0.1) is 0 Å². The Bertz CT molecular complexity index is 583. The van der Waals surface area contributed by atoms with Crippen LogP contribution in [0.25, 0.3) is 0 Å². The van der Waals surface area contributed by atoms with Crippen LogP contribution in [-0.4, -0.2) is 36.1 Å². The quantitative estimate of drug-likeness (QED) is 0.615. The Kier molecular flexibility index (Phi) is 4.46. The van der Waals surface area contributed by atoms with Gasteiger partial charge in [0.2, 0.25) is 11.7 Å². The van der Waals surface area contributed by atoms with Crippen LogP contribution in [0, 0.1) is 10.1 Å². The molecule has 1 aromatic carbocycles. The van der Waals surface area contributed by atoms with E-state index in [4.69, 9.17) is 9.47 Å². The fourth-order valence-corrected chi connectivity index (χ4v) is 1.63. The molecule has 0 aliphatic heterocycles. The molecule has 1 aromatic rings. The highest BCUT2D eigenvalue weighted by molar-refractivity contribution is 6.06. The zero-order valence-electron chi connectivity index (χ0n) is 10.9. The minimum Gasteiger partial charge on any atom is -0.494 e. The Morgan fingerprint density at radius 2 is 1.85 bits per heavy atom. The Balaban J connectivity index is 3.78. The standard InChI is InChI=1S/C11H12N2O7/c1-5(14)12-9-6(19-2)4-7(20-3)10(13(17)18)8(9)11(15)16/h4H,1-3H3,(H,12,14)(H,15,16). The predicted molar refractivity (Wildman–Crippen MR) is 67.5 cm³/mol. The van der Waals surface area contributed by atoms with Crippen LogP contribution in [0.5, 0.6) is 11.5 Å². The van der Waals surface area contributed by atoms with Crippen LogP contribution in [0.2, 0.25) is 0 Å². The third-order valence-corrected chi connectivity index (χ3v) is 2.37. The Morgan fingerprint density at radius 1 is 1.30 bits per heavy atom. The first-order chi connectivity index (χ1) is 9.33. The van der Waals surface area contributed by atoms with Crippen molar-refractivity contribution in [2.24, 2.45) is 0 Å². The summed E-state index contributed by atoms with van der Waals surface area (Å²) in [4.78, 5) is 32.6. The van der Waals surface area contributed by atoms with Crippen molar-refractivity contribution in [1.29, 1.82) is 0 Å². The second-order valence-electron chi connectivity index (χ2n) is 3.62. The lowest BCUT2D eigenvalue weighted by molar-refractivity contribution is -0.386. The number of carboxylic acid groups (broad SMARTS) is 1. The summed E-state index contributed by atoms with van der Waals surface area (Å²) in [5.74, 6) is -2.51. The van der Waals surface area contributed by atoms with Gasteiger partial charge in [-0.25, -0.2) is 4.79 Å².